The van der Waals surface area contributed by atoms with Crippen LogP contribution < -0.4 is 16.0 Å². The van der Waals surface area contributed by atoms with Crippen LogP contribution in [0.2, 0.25) is 0 Å². The van der Waals surface area contributed by atoms with Crippen molar-refractivity contribution in [2.75, 3.05) is 23.7 Å². The lowest BCUT2D eigenvalue weighted by Gasteiger charge is -2.23. The van der Waals surface area contributed by atoms with E-state index < -0.39 is 0 Å². The predicted octanol–water partition coefficient (Wildman–Crippen LogP) is 2.15. The van der Waals surface area contributed by atoms with Gasteiger partial charge in [0.25, 0.3) is 0 Å². The highest BCUT2D eigenvalue weighted by molar-refractivity contribution is 7.99. The molecule has 2 rings (SSSR count). The first-order chi connectivity index (χ1) is 10.0. The van der Waals surface area contributed by atoms with Crippen molar-refractivity contribution >= 4 is 40.6 Å². The first-order valence-corrected chi connectivity index (χ1v) is 8.50. The highest BCUT2D eigenvalue weighted by Gasteiger charge is 2.26. The fourth-order valence-electron chi connectivity index (χ4n) is 2.69. The van der Waals surface area contributed by atoms with Crippen molar-refractivity contribution in [2.45, 2.75) is 31.2 Å². The van der Waals surface area contributed by atoms with Crippen LogP contribution >= 0.6 is 24.0 Å². The number of amides is 1. The summed E-state index contributed by atoms with van der Waals surface area (Å²) in [5.41, 5.74) is 7.99. The van der Waals surface area contributed by atoms with E-state index in [0.717, 1.165) is 41.4 Å². The Balaban J connectivity index is 2.26. The number of anilines is 1. The Morgan fingerprint density at radius 2 is 2.33 bits per heavy atom. The monoisotopic (exact) mass is 323 g/mol. The molecule has 1 atom stereocenters. The van der Waals surface area contributed by atoms with E-state index in [1.54, 1.807) is 18.7 Å². The Morgan fingerprint density at radius 1 is 1.57 bits per heavy atom. The zero-order valence-corrected chi connectivity index (χ0v) is 14.0. The smallest absolute Gasteiger partial charge is 0.217 e. The molecule has 0 spiro atoms. The number of carbonyl (C=O) groups is 1. The zero-order chi connectivity index (χ0) is 15.4. The molecule has 1 aromatic carbocycles. The molecule has 114 valence electrons. The van der Waals surface area contributed by atoms with Crippen molar-refractivity contribution in [3.8, 4) is 0 Å². The van der Waals surface area contributed by atoms with E-state index in [2.05, 4.69) is 29.3 Å². The molecule has 0 aliphatic carbocycles. The summed E-state index contributed by atoms with van der Waals surface area (Å²) in [5, 5.41) is 2.98. The minimum absolute atomic E-state index is 0.0201. The van der Waals surface area contributed by atoms with Crippen molar-refractivity contribution in [1.82, 2.24) is 5.32 Å². The second-order valence-electron chi connectivity index (χ2n) is 5.08. The van der Waals surface area contributed by atoms with Gasteiger partial charge in [-0.15, -0.1) is 11.8 Å². The maximum Gasteiger partial charge on any atom is 0.217 e. The van der Waals surface area contributed by atoms with Crippen molar-refractivity contribution in [1.29, 1.82) is 0 Å². The lowest BCUT2D eigenvalue weighted by Crippen LogP contribution is -2.36. The Labute approximate surface area is 135 Å². The molecule has 0 saturated carbocycles. The van der Waals surface area contributed by atoms with E-state index in [1.165, 1.54) is 0 Å². The molecular weight excluding hydrogens is 302 g/mol. The van der Waals surface area contributed by atoms with Gasteiger partial charge in [0.05, 0.1) is 0 Å². The molecule has 1 saturated heterocycles. The van der Waals surface area contributed by atoms with Gasteiger partial charge in [0.1, 0.15) is 4.99 Å². The number of rotatable bonds is 5. The van der Waals surface area contributed by atoms with Crippen LogP contribution in [0.1, 0.15) is 25.8 Å². The van der Waals surface area contributed by atoms with Gasteiger partial charge < -0.3 is 16.0 Å². The van der Waals surface area contributed by atoms with E-state index in [1.807, 2.05) is 6.07 Å². The minimum Gasteiger partial charge on any atom is -0.389 e. The maximum atomic E-state index is 11.2. The minimum atomic E-state index is 0.0201. The molecule has 0 aromatic heterocycles. The van der Waals surface area contributed by atoms with Crippen LogP contribution in [0.5, 0.6) is 0 Å². The molecule has 1 fully saturated rings. The molecule has 4 nitrogen and oxygen atoms in total. The number of nitrogens with one attached hydrogen (secondary N) is 1. The number of thiocarbonyl (C=S) groups is 1. The standard InChI is InChI=1S/C15H21N3OS2/c1-3-21-13-6-4-5-12(14(13)15(16)20)18-8-7-11(9-18)17-10(2)19/h4-6,11H,3,7-9H2,1-2H3,(H2,16,20)(H,17,19). The Kier molecular flexibility index (Phi) is 5.47. The van der Waals surface area contributed by atoms with Crippen molar-refractivity contribution in [3.63, 3.8) is 0 Å². The molecule has 0 radical (unpaired) electrons. The lowest BCUT2D eigenvalue weighted by atomic mass is 10.1. The number of hydrogen-bond acceptors (Lipinski definition) is 4. The molecule has 3 N–H and O–H groups in total. The van der Waals surface area contributed by atoms with E-state index in [-0.39, 0.29) is 11.9 Å². The Hall–Kier alpha value is -1.27. The van der Waals surface area contributed by atoms with Gasteiger partial charge in [-0.1, -0.05) is 25.2 Å². The number of hydrogen-bond donors (Lipinski definition) is 2. The van der Waals surface area contributed by atoms with Crippen molar-refractivity contribution in [2.24, 2.45) is 5.73 Å². The van der Waals surface area contributed by atoms with Gasteiger partial charge >= 0.3 is 0 Å². The molecule has 1 unspecified atom stereocenters. The van der Waals surface area contributed by atoms with Crippen LogP contribution in [-0.4, -0.2) is 35.8 Å². The van der Waals surface area contributed by atoms with E-state index in [9.17, 15) is 4.79 Å². The van der Waals surface area contributed by atoms with Crippen LogP contribution in [0.3, 0.4) is 0 Å². The summed E-state index contributed by atoms with van der Waals surface area (Å²) < 4.78 is 0. The lowest BCUT2D eigenvalue weighted by molar-refractivity contribution is -0.119. The highest BCUT2D eigenvalue weighted by atomic mass is 32.2. The van der Waals surface area contributed by atoms with Gasteiger partial charge in [0.15, 0.2) is 0 Å². The van der Waals surface area contributed by atoms with E-state index in [4.69, 9.17) is 18.0 Å². The fourth-order valence-corrected chi connectivity index (χ4v) is 3.81. The summed E-state index contributed by atoms with van der Waals surface area (Å²) >= 11 is 7.00. The molecule has 6 heteroatoms. The van der Waals surface area contributed by atoms with E-state index in [0.29, 0.717) is 4.99 Å². The van der Waals surface area contributed by atoms with Gasteiger partial charge in [-0.2, -0.15) is 0 Å². The molecule has 1 amide bonds. The Bertz CT molecular complexity index is 548. The third kappa shape index (κ3) is 3.89. The topological polar surface area (TPSA) is 58.4 Å². The summed E-state index contributed by atoms with van der Waals surface area (Å²) in [6, 6.07) is 6.36. The summed E-state index contributed by atoms with van der Waals surface area (Å²) in [6.45, 7) is 5.38. The van der Waals surface area contributed by atoms with E-state index >= 15 is 0 Å². The van der Waals surface area contributed by atoms with Gasteiger partial charge in [-0.3, -0.25) is 4.79 Å². The number of nitrogens with zero attached hydrogens (tertiary/aromatic N) is 1. The quantitative estimate of drug-likeness (QED) is 0.642. The molecule has 1 aromatic rings. The van der Waals surface area contributed by atoms with Gasteiger partial charge in [-0.05, 0) is 24.3 Å². The van der Waals surface area contributed by atoms with Crippen LogP contribution in [0.4, 0.5) is 5.69 Å². The van der Waals surface area contributed by atoms with Crippen LogP contribution in [-0.2, 0) is 4.79 Å². The average molecular weight is 323 g/mol. The maximum absolute atomic E-state index is 11.2. The van der Waals surface area contributed by atoms with Crippen LogP contribution in [0, 0.1) is 0 Å². The Morgan fingerprint density at radius 3 is 2.95 bits per heavy atom. The second kappa shape index (κ2) is 7.13. The SMILES string of the molecule is CCSc1cccc(N2CCC(NC(C)=O)C2)c1C(N)=S. The molecule has 1 heterocycles. The number of nitrogens with two attached hydrogens (primary N) is 1. The largest absolute Gasteiger partial charge is 0.389 e. The third-order valence-electron chi connectivity index (χ3n) is 3.49. The highest BCUT2D eigenvalue weighted by Crippen LogP contribution is 2.32. The number of benzene rings is 1. The van der Waals surface area contributed by atoms with Crippen LogP contribution in [0.25, 0.3) is 0 Å². The number of carbonyl (C=O) groups excluding carboxylic acids is 1. The number of thioether (sulfide) groups is 1. The summed E-state index contributed by atoms with van der Waals surface area (Å²) in [4.78, 5) is 15.0. The van der Waals surface area contributed by atoms with Crippen molar-refractivity contribution < 1.29 is 4.79 Å². The summed E-state index contributed by atoms with van der Waals surface area (Å²) in [5.74, 6) is 1.000. The summed E-state index contributed by atoms with van der Waals surface area (Å²) in [6.07, 6.45) is 0.946. The first-order valence-electron chi connectivity index (χ1n) is 7.10. The third-order valence-corrected chi connectivity index (χ3v) is 4.63. The first kappa shape index (κ1) is 16.1. The fraction of sp³-hybridized carbons (Fsp3) is 0.467. The average Bonchev–Trinajstić information content (AvgIpc) is 2.86. The normalized spacial score (nSPS) is 17.8. The van der Waals surface area contributed by atoms with Crippen LogP contribution in [0.15, 0.2) is 23.1 Å². The zero-order valence-electron chi connectivity index (χ0n) is 12.4. The molecule has 0 bridgehead atoms. The molecule has 1 aliphatic rings. The van der Waals surface area contributed by atoms with Gasteiger partial charge in [-0.25, -0.2) is 0 Å². The molecule has 1 aliphatic heterocycles. The predicted molar refractivity (Wildman–Crippen MR) is 93.2 cm³/mol. The molecular formula is C15H21N3OS2. The second-order valence-corrected chi connectivity index (χ2v) is 6.83. The van der Waals surface area contributed by atoms with Crippen molar-refractivity contribution in [3.05, 3.63) is 23.8 Å². The summed E-state index contributed by atoms with van der Waals surface area (Å²) in [7, 11) is 0. The van der Waals surface area contributed by atoms with Gasteiger partial charge in [0.2, 0.25) is 5.91 Å². The molecule has 21 heavy (non-hydrogen) atoms. The van der Waals surface area contributed by atoms with Gasteiger partial charge in [0, 0.05) is 42.2 Å².